The van der Waals surface area contributed by atoms with Crippen molar-refractivity contribution in [2.45, 2.75) is 39.0 Å². The van der Waals surface area contributed by atoms with Gasteiger partial charge in [-0.05, 0) is 79.1 Å². The quantitative estimate of drug-likeness (QED) is 0.101. The second-order valence-corrected chi connectivity index (χ2v) is 12.4. The highest BCUT2D eigenvalue weighted by atomic mass is 32.1. The van der Waals surface area contributed by atoms with E-state index in [9.17, 15) is 14.7 Å². The molecule has 2 aliphatic rings. The van der Waals surface area contributed by atoms with Crippen LogP contribution in [0, 0.1) is 0 Å². The molecule has 0 spiro atoms. The molecule has 0 bridgehead atoms. The summed E-state index contributed by atoms with van der Waals surface area (Å²) in [5.74, 6) is 0.451. The Morgan fingerprint density at radius 3 is 2.62 bits per heavy atom. The molecule has 1 N–H and O–H groups in total. The second-order valence-electron chi connectivity index (χ2n) is 11.4. The van der Waals surface area contributed by atoms with Crippen molar-refractivity contribution in [1.82, 2.24) is 4.98 Å². The molecule has 0 saturated carbocycles. The normalized spacial score (nSPS) is 18.3. The molecule has 3 heterocycles. The Morgan fingerprint density at radius 2 is 1.83 bits per heavy atom. The first-order valence-electron chi connectivity index (χ1n) is 15.3. The minimum absolute atomic E-state index is 0.00495. The number of amides is 1. The number of fused-ring (bicyclic) bond motifs is 2. The molecule has 0 unspecified atom stereocenters. The van der Waals surface area contributed by atoms with Crippen molar-refractivity contribution in [2.24, 2.45) is 0 Å². The average molecular weight is 649 g/mol. The van der Waals surface area contributed by atoms with E-state index in [1.165, 1.54) is 23.3 Å². The average Bonchev–Trinajstić information content (AvgIpc) is 3.75. The fourth-order valence-corrected chi connectivity index (χ4v) is 7.05. The van der Waals surface area contributed by atoms with Crippen LogP contribution in [0.15, 0.2) is 90.5 Å². The number of aliphatic hydroxyl groups excluding tert-OH is 1. The molecule has 1 saturated heterocycles. The number of aromatic nitrogens is 1. The van der Waals surface area contributed by atoms with Crippen LogP contribution in [0.3, 0.4) is 0 Å². The predicted octanol–water partition coefficient (Wildman–Crippen LogP) is 7.23. The van der Waals surface area contributed by atoms with E-state index in [1.807, 2.05) is 68.4 Å². The van der Waals surface area contributed by atoms with E-state index in [2.05, 4.69) is 0 Å². The van der Waals surface area contributed by atoms with Crippen LogP contribution < -0.4 is 23.8 Å². The molecule has 0 radical (unpaired) electrons. The van der Waals surface area contributed by atoms with Gasteiger partial charge in [0, 0.05) is 12.0 Å². The maximum absolute atomic E-state index is 13.9. The minimum atomic E-state index is -0.998. The van der Waals surface area contributed by atoms with Crippen molar-refractivity contribution in [3.63, 3.8) is 0 Å². The molecule has 1 aromatic heterocycles. The summed E-state index contributed by atoms with van der Waals surface area (Å²) in [5, 5.41) is 12.1. The van der Waals surface area contributed by atoms with Gasteiger partial charge in [-0.3, -0.25) is 14.5 Å². The van der Waals surface area contributed by atoms with Gasteiger partial charge in [-0.25, -0.2) is 4.98 Å². The second kappa shape index (κ2) is 12.4. The smallest absolute Gasteiger partial charge is 0.301 e. The van der Waals surface area contributed by atoms with E-state index in [4.69, 9.17) is 23.9 Å². The summed E-state index contributed by atoms with van der Waals surface area (Å²) in [5.41, 5.74) is 3.49. The maximum Gasteiger partial charge on any atom is 0.301 e. The molecule has 9 nitrogen and oxygen atoms in total. The fraction of sp³-hybridized carbons (Fsp3) is 0.216. The van der Waals surface area contributed by atoms with Gasteiger partial charge in [0.1, 0.15) is 30.0 Å². The van der Waals surface area contributed by atoms with Crippen molar-refractivity contribution in [3.8, 4) is 23.0 Å². The number of carbonyl (C=O) groups excluding carboxylic acids is 2. The standard InChI is InChI=1S/C37H32N2O7S/c1-4-44-26-12-13-27-31(19-26)47-37(38-27)39-33(23-10-15-29(30(18-23)43-3)45-20-22-8-6-5-7-9-22)32(35(41)36(39)42)34(40)24-11-14-28-25(17-24)16-21(2)46-28/h5-15,17-19,21,33,40H,4,16,20H2,1-3H3/b34-32+/t21-,33-/m1/s1. The van der Waals surface area contributed by atoms with Crippen LogP contribution in [0.25, 0.3) is 16.0 Å². The summed E-state index contributed by atoms with van der Waals surface area (Å²) >= 11 is 1.27. The van der Waals surface area contributed by atoms with Gasteiger partial charge in [-0.15, -0.1) is 0 Å². The van der Waals surface area contributed by atoms with E-state index in [0.29, 0.717) is 58.7 Å². The number of nitrogens with zero attached hydrogens (tertiary/aromatic N) is 2. The van der Waals surface area contributed by atoms with Crippen LogP contribution in [0.2, 0.25) is 0 Å². The zero-order valence-corrected chi connectivity index (χ0v) is 26.9. The zero-order valence-electron chi connectivity index (χ0n) is 26.1. The lowest BCUT2D eigenvalue weighted by Gasteiger charge is -2.24. The molecular formula is C37H32N2O7S. The van der Waals surface area contributed by atoms with E-state index in [1.54, 1.807) is 30.3 Å². The van der Waals surface area contributed by atoms with Gasteiger partial charge >= 0.3 is 5.91 Å². The van der Waals surface area contributed by atoms with Crippen LogP contribution in [-0.4, -0.2) is 41.6 Å². The van der Waals surface area contributed by atoms with Gasteiger partial charge in [-0.2, -0.15) is 0 Å². The summed E-state index contributed by atoms with van der Waals surface area (Å²) in [4.78, 5) is 33.9. The number of thiazole rings is 1. The molecule has 4 aromatic carbocycles. The molecule has 1 fully saturated rings. The number of hydrogen-bond acceptors (Lipinski definition) is 9. The van der Waals surface area contributed by atoms with Crippen LogP contribution >= 0.6 is 11.3 Å². The fourth-order valence-electron chi connectivity index (χ4n) is 6.03. The maximum atomic E-state index is 13.9. The minimum Gasteiger partial charge on any atom is -0.507 e. The van der Waals surface area contributed by atoms with Gasteiger partial charge in [0.25, 0.3) is 5.78 Å². The van der Waals surface area contributed by atoms with Gasteiger partial charge in [0.15, 0.2) is 16.6 Å². The van der Waals surface area contributed by atoms with E-state index in [0.717, 1.165) is 21.6 Å². The molecule has 238 valence electrons. The lowest BCUT2D eigenvalue weighted by atomic mass is 9.94. The van der Waals surface area contributed by atoms with Crippen LogP contribution in [0.5, 0.6) is 23.0 Å². The third-order valence-corrected chi connectivity index (χ3v) is 9.24. The molecule has 10 heteroatoms. The summed E-state index contributed by atoms with van der Waals surface area (Å²) in [6, 6.07) is 24.8. The van der Waals surface area contributed by atoms with Crippen LogP contribution in [0.1, 0.15) is 42.1 Å². The van der Waals surface area contributed by atoms with Crippen LogP contribution in [0.4, 0.5) is 5.13 Å². The Hall–Kier alpha value is -5.35. The van der Waals surface area contributed by atoms with Crippen LogP contribution in [-0.2, 0) is 22.6 Å². The molecule has 2 atom stereocenters. The van der Waals surface area contributed by atoms with Crippen molar-refractivity contribution in [1.29, 1.82) is 0 Å². The lowest BCUT2D eigenvalue weighted by molar-refractivity contribution is -0.132. The topological polar surface area (TPSA) is 107 Å². The Morgan fingerprint density at radius 1 is 1.00 bits per heavy atom. The molecule has 7 rings (SSSR count). The summed E-state index contributed by atoms with van der Waals surface area (Å²) in [7, 11) is 1.53. The van der Waals surface area contributed by atoms with Gasteiger partial charge < -0.3 is 24.1 Å². The highest BCUT2D eigenvalue weighted by Crippen LogP contribution is 2.46. The summed E-state index contributed by atoms with van der Waals surface area (Å²) in [6.45, 7) is 4.71. The number of ether oxygens (including phenoxy) is 4. The van der Waals surface area contributed by atoms with Crippen molar-refractivity contribution >= 4 is 44.1 Å². The molecule has 2 aliphatic heterocycles. The zero-order chi connectivity index (χ0) is 32.7. The largest absolute Gasteiger partial charge is 0.507 e. The van der Waals surface area contributed by atoms with Gasteiger partial charge in [0.2, 0.25) is 0 Å². The Balaban J connectivity index is 1.34. The summed E-state index contributed by atoms with van der Waals surface area (Å²) in [6.07, 6.45) is 0.677. The monoisotopic (exact) mass is 648 g/mol. The highest BCUT2D eigenvalue weighted by Gasteiger charge is 2.48. The molecule has 47 heavy (non-hydrogen) atoms. The SMILES string of the molecule is CCOc1ccc2nc(N3C(=O)C(=O)/C(=C(/O)c4ccc5c(c4)C[C@@H](C)O5)[C@H]3c3ccc(OCc4ccccc4)c(OC)c3)sc2c1. The van der Waals surface area contributed by atoms with E-state index >= 15 is 0 Å². The number of Topliss-reactive ketones (excluding diaryl/α,β-unsaturated/α-hetero) is 1. The van der Waals surface area contributed by atoms with Crippen molar-refractivity contribution in [3.05, 3.63) is 113 Å². The van der Waals surface area contributed by atoms with E-state index < -0.39 is 17.7 Å². The van der Waals surface area contributed by atoms with Crippen molar-refractivity contribution in [2.75, 3.05) is 18.6 Å². The number of ketones is 1. The number of rotatable bonds is 9. The highest BCUT2D eigenvalue weighted by molar-refractivity contribution is 7.22. The third kappa shape index (κ3) is 5.65. The first kappa shape index (κ1) is 30.3. The molecule has 1 amide bonds. The molecule has 5 aromatic rings. The first-order valence-corrected chi connectivity index (χ1v) is 16.1. The Kier molecular flexibility index (Phi) is 8.03. The Bertz CT molecular complexity index is 2040. The number of hydrogen-bond donors (Lipinski definition) is 1. The van der Waals surface area contributed by atoms with Gasteiger partial charge in [0.05, 0.1) is 35.5 Å². The number of aliphatic hydroxyl groups is 1. The van der Waals surface area contributed by atoms with Gasteiger partial charge in [-0.1, -0.05) is 47.7 Å². The predicted molar refractivity (Wildman–Crippen MR) is 180 cm³/mol. The first-order chi connectivity index (χ1) is 22.8. The number of benzene rings is 4. The third-order valence-electron chi connectivity index (χ3n) is 8.22. The molecular weight excluding hydrogens is 616 g/mol. The number of carbonyl (C=O) groups is 2. The Labute approximate surface area is 275 Å². The number of anilines is 1. The lowest BCUT2D eigenvalue weighted by Crippen LogP contribution is -2.29. The number of methoxy groups -OCH3 is 1. The summed E-state index contributed by atoms with van der Waals surface area (Å²) < 4.78 is 24.1. The van der Waals surface area contributed by atoms with E-state index in [-0.39, 0.29) is 17.4 Å². The van der Waals surface area contributed by atoms with Crippen molar-refractivity contribution < 1.29 is 33.6 Å². The molecule has 0 aliphatic carbocycles.